The fraction of sp³-hybridized carbons (Fsp3) is 0.188. The highest BCUT2D eigenvalue weighted by Crippen LogP contribution is 2.20. The van der Waals surface area contributed by atoms with E-state index in [9.17, 15) is 9.18 Å². The van der Waals surface area contributed by atoms with Crippen molar-refractivity contribution in [2.24, 2.45) is 0 Å². The van der Waals surface area contributed by atoms with E-state index in [1.807, 2.05) is 31.2 Å². The first-order valence-corrected chi connectivity index (χ1v) is 6.52. The van der Waals surface area contributed by atoms with Gasteiger partial charge in [-0.2, -0.15) is 0 Å². The lowest BCUT2D eigenvalue weighted by atomic mass is 10.2. The first-order chi connectivity index (χ1) is 10.1. The van der Waals surface area contributed by atoms with Crippen LogP contribution in [0.2, 0.25) is 0 Å². The molecule has 21 heavy (non-hydrogen) atoms. The summed E-state index contributed by atoms with van der Waals surface area (Å²) < 4.78 is 18.3. The molecule has 2 aromatic carbocycles. The predicted molar refractivity (Wildman–Crippen MR) is 81.3 cm³/mol. The molecular formula is C16H17FN2O2. The molecule has 2 rings (SSSR count). The minimum atomic E-state index is -0.471. The van der Waals surface area contributed by atoms with Gasteiger partial charge in [-0.25, -0.2) is 4.39 Å². The van der Waals surface area contributed by atoms with Gasteiger partial charge >= 0.3 is 0 Å². The Morgan fingerprint density at radius 3 is 2.43 bits per heavy atom. The number of hydrogen-bond acceptors (Lipinski definition) is 3. The molecule has 0 saturated heterocycles. The van der Waals surface area contributed by atoms with Crippen LogP contribution < -0.4 is 15.4 Å². The number of halogens is 1. The lowest BCUT2D eigenvalue weighted by Gasteiger charge is -2.09. The summed E-state index contributed by atoms with van der Waals surface area (Å²) in [6.45, 7) is 2.03. The van der Waals surface area contributed by atoms with E-state index in [1.54, 1.807) is 6.07 Å². The Bertz CT molecular complexity index is 627. The zero-order valence-electron chi connectivity index (χ0n) is 11.9. The molecule has 2 aromatic rings. The highest BCUT2D eigenvalue weighted by molar-refractivity contribution is 5.93. The second kappa shape index (κ2) is 6.74. The van der Waals surface area contributed by atoms with Crippen molar-refractivity contribution in [2.75, 3.05) is 24.3 Å². The normalized spacial score (nSPS) is 10.0. The number of methoxy groups -OCH3 is 1. The summed E-state index contributed by atoms with van der Waals surface area (Å²) in [4.78, 5) is 11.8. The van der Waals surface area contributed by atoms with Gasteiger partial charge in [-0.05, 0) is 31.2 Å². The van der Waals surface area contributed by atoms with Crippen LogP contribution in [0.4, 0.5) is 15.8 Å². The van der Waals surface area contributed by atoms with Crippen molar-refractivity contribution in [2.45, 2.75) is 6.92 Å². The molecular weight excluding hydrogens is 271 g/mol. The van der Waals surface area contributed by atoms with Crippen LogP contribution in [0.15, 0.2) is 42.5 Å². The number of anilines is 2. The number of carbonyl (C=O) groups excluding carboxylic acids is 1. The van der Waals surface area contributed by atoms with E-state index in [0.717, 1.165) is 11.3 Å². The van der Waals surface area contributed by atoms with E-state index in [4.69, 9.17) is 4.74 Å². The minimum Gasteiger partial charge on any atom is -0.494 e. The molecule has 0 heterocycles. The topological polar surface area (TPSA) is 50.4 Å². The summed E-state index contributed by atoms with van der Waals surface area (Å²) in [7, 11) is 1.40. The molecule has 5 heteroatoms. The summed E-state index contributed by atoms with van der Waals surface area (Å²) >= 11 is 0. The third kappa shape index (κ3) is 4.21. The number of hydrogen-bond donors (Lipinski definition) is 2. The molecule has 0 unspecified atom stereocenters. The molecule has 1 amide bonds. The van der Waals surface area contributed by atoms with E-state index in [1.165, 1.54) is 19.2 Å². The summed E-state index contributed by atoms with van der Waals surface area (Å²) in [6.07, 6.45) is 0. The molecule has 0 fully saturated rings. The SMILES string of the molecule is COc1ccc(NCC(=O)Nc2ccc(C)cc2)cc1F. The summed E-state index contributed by atoms with van der Waals surface area (Å²) in [6, 6.07) is 12.0. The van der Waals surface area contributed by atoms with Gasteiger partial charge in [0.25, 0.3) is 0 Å². The maximum absolute atomic E-state index is 13.5. The van der Waals surface area contributed by atoms with Crippen molar-refractivity contribution in [1.29, 1.82) is 0 Å². The number of benzene rings is 2. The average Bonchev–Trinajstić information content (AvgIpc) is 2.48. The monoisotopic (exact) mass is 288 g/mol. The van der Waals surface area contributed by atoms with Crippen molar-refractivity contribution in [3.63, 3.8) is 0 Å². The van der Waals surface area contributed by atoms with Gasteiger partial charge in [-0.3, -0.25) is 4.79 Å². The quantitative estimate of drug-likeness (QED) is 0.888. The number of amides is 1. The van der Waals surface area contributed by atoms with Gasteiger partial charge in [0.2, 0.25) is 5.91 Å². The molecule has 0 radical (unpaired) electrons. The summed E-state index contributed by atoms with van der Waals surface area (Å²) in [5, 5.41) is 5.62. The van der Waals surface area contributed by atoms with Gasteiger partial charge < -0.3 is 15.4 Å². The van der Waals surface area contributed by atoms with Crippen LogP contribution in [0, 0.1) is 12.7 Å². The zero-order chi connectivity index (χ0) is 15.2. The fourth-order valence-electron chi connectivity index (χ4n) is 1.80. The Morgan fingerprint density at radius 2 is 1.81 bits per heavy atom. The standard InChI is InChI=1S/C16H17FN2O2/c1-11-3-5-12(6-4-11)19-16(20)10-18-13-7-8-15(21-2)14(17)9-13/h3-9,18H,10H2,1-2H3,(H,19,20). The van der Waals surface area contributed by atoms with E-state index in [0.29, 0.717) is 5.69 Å². The third-order valence-electron chi connectivity index (χ3n) is 2.94. The van der Waals surface area contributed by atoms with Crippen LogP contribution >= 0.6 is 0 Å². The number of rotatable bonds is 5. The molecule has 2 N–H and O–H groups in total. The zero-order valence-corrected chi connectivity index (χ0v) is 11.9. The van der Waals surface area contributed by atoms with Crippen molar-refractivity contribution in [3.8, 4) is 5.75 Å². The Hall–Kier alpha value is -2.56. The van der Waals surface area contributed by atoms with Gasteiger partial charge in [0.15, 0.2) is 11.6 Å². The number of aryl methyl sites for hydroxylation is 1. The maximum Gasteiger partial charge on any atom is 0.243 e. The van der Waals surface area contributed by atoms with Gasteiger partial charge in [0.1, 0.15) is 0 Å². The van der Waals surface area contributed by atoms with Gasteiger partial charge in [-0.1, -0.05) is 17.7 Å². The van der Waals surface area contributed by atoms with Crippen LogP contribution in [-0.2, 0) is 4.79 Å². The maximum atomic E-state index is 13.5. The highest BCUT2D eigenvalue weighted by Gasteiger charge is 2.05. The van der Waals surface area contributed by atoms with Crippen LogP contribution in [0.3, 0.4) is 0 Å². The van der Waals surface area contributed by atoms with Crippen LogP contribution in [0.1, 0.15) is 5.56 Å². The second-order valence-corrected chi connectivity index (χ2v) is 4.62. The van der Waals surface area contributed by atoms with Gasteiger partial charge in [-0.15, -0.1) is 0 Å². The lowest BCUT2D eigenvalue weighted by molar-refractivity contribution is -0.114. The van der Waals surface area contributed by atoms with Crippen LogP contribution in [0.25, 0.3) is 0 Å². The smallest absolute Gasteiger partial charge is 0.243 e. The largest absolute Gasteiger partial charge is 0.494 e. The molecule has 0 atom stereocenters. The number of ether oxygens (including phenoxy) is 1. The molecule has 0 spiro atoms. The molecule has 0 saturated carbocycles. The Morgan fingerprint density at radius 1 is 1.14 bits per heavy atom. The number of carbonyl (C=O) groups is 1. The second-order valence-electron chi connectivity index (χ2n) is 4.62. The van der Waals surface area contributed by atoms with Crippen molar-refractivity contribution >= 4 is 17.3 Å². The molecule has 0 aliphatic carbocycles. The van der Waals surface area contributed by atoms with Gasteiger partial charge in [0.05, 0.1) is 13.7 Å². The lowest BCUT2D eigenvalue weighted by Crippen LogP contribution is -2.21. The van der Waals surface area contributed by atoms with E-state index >= 15 is 0 Å². The average molecular weight is 288 g/mol. The molecule has 0 aromatic heterocycles. The van der Waals surface area contributed by atoms with Crippen LogP contribution in [-0.4, -0.2) is 19.6 Å². The summed E-state index contributed by atoms with van der Waals surface area (Å²) in [5.41, 5.74) is 2.38. The fourth-order valence-corrected chi connectivity index (χ4v) is 1.80. The Balaban J connectivity index is 1.89. The van der Waals surface area contributed by atoms with E-state index < -0.39 is 5.82 Å². The first kappa shape index (κ1) is 14.8. The molecule has 4 nitrogen and oxygen atoms in total. The highest BCUT2D eigenvalue weighted by atomic mass is 19.1. The molecule has 0 aliphatic rings. The first-order valence-electron chi connectivity index (χ1n) is 6.52. The molecule has 0 bridgehead atoms. The number of nitrogens with one attached hydrogen (secondary N) is 2. The summed E-state index contributed by atoms with van der Waals surface area (Å²) in [5.74, 6) is -0.499. The molecule has 0 aliphatic heterocycles. The third-order valence-corrected chi connectivity index (χ3v) is 2.94. The Kier molecular flexibility index (Phi) is 4.77. The van der Waals surface area contributed by atoms with Crippen LogP contribution in [0.5, 0.6) is 5.75 Å². The van der Waals surface area contributed by atoms with Crippen molar-refractivity contribution < 1.29 is 13.9 Å². The van der Waals surface area contributed by atoms with Crippen molar-refractivity contribution in [1.82, 2.24) is 0 Å². The minimum absolute atomic E-state index is 0.0552. The van der Waals surface area contributed by atoms with E-state index in [2.05, 4.69) is 10.6 Å². The van der Waals surface area contributed by atoms with Gasteiger partial charge in [0, 0.05) is 17.4 Å². The molecule has 110 valence electrons. The van der Waals surface area contributed by atoms with Crippen molar-refractivity contribution in [3.05, 3.63) is 53.8 Å². The van der Waals surface area contributed by atoms with E-state index in [-0.39, 0.29) is 18.2 Å². The predicted octanol–water partition coefficient (Wildman–Crippen LogP) is 3.19. The Labute approximate surface area is 122 Å².